The van der Waals surface area contributed by atoms with Crippen molar-refractivity contribution in [1.82, 2.24) is 5.32 Å². The van der Waals surface area contributed by atoms with Gasteiger partial charge < -0.3 is 10.1 Å². The number of rotatable bonds is 4. The van der Waals surface area contributed by atoms with Crippen LogP contribution in [0.15, 0.2) is 36.1 Å². The highest BCUT2D eigenvalue weighted by Crippen LogP contribution is 2.27. The summed E-state index contributed by atoms with van der Waals surface area (Å²) in [6, 6.07) is 8.04. The topological polar surface area (TPSA) is 21.3 Å². The molecule has 1 aromatic carbocycles. The molecule has 0 radical (unpaired) electrons. The van der Waals surface area contributed by atoms with Gasteiger partial charge in [0.25, 0.3) is 0 Å². The van der Waals surface area contributed by atoms with E-state index in [1.165, 1.54) is 0 Å². The van der Waals surface area contributed by atoms with Gasteiger partial charge in [-0.2, -0.15) is 0 Å². The van der Waals surface area contributed by atoms with E-state index in [-0.39, 0.29) is 6.04 Å². The molecule has 2 rings (SSSR count). The van der Waals surface area contributed by atoms with Crippen LogP contribution in [0.2, 0.25) is 5.02 Å². The Morgan fingerprint density at radius 1 is 1.50 bits per heavy atom. The van der Waals surface area contributed by atoms with Gasteiger partial charge in [0, 0.05) is 11.4 Å². The second kappa shape index (κ2) is 5.37. The van der Waals surface area contributed by atoms with Crippen LogP contribution < -0.4 is 5.32 Å². The van der Waals surface area contributed by atoms with E-state index in [2.05, 4.69) is 24.4 Å². The Balaban J connectivity index is 2.24. The molecular formula is C13H16ClNO. The van der Waals surface area contributed by atoms with Crippen molar-refractivity contribution in [2.45, 2.75) is 19.4 Å². The number of benzene rings is 1. The maximum absolute atomic E-state index is 6.01. The Kier molecular flexibility index (Phi) is 3.86. The lowest BCUT2D eigenvalue weighted by atomic mass is 10.0. The molecular weight excluding hydrogens is 222 g/mol. The molecule has 0 amide bonds. The molecule has 1 aliphatic rings. The molecule has 0 fully saturated rings. The van der Waals surface area contributed by atoms with Gasteiger partial charge in [-0.3, -0.25) is 0 Å². The van der Waals surface area contributed by atoms with E-state index in [0.29, 0.717) is 0 Å². The predicted octanol–water partition coefficient (Wildman–Crippen LogP) is 3.29. The molecule has 0 bridgehead atoms. The van der Waals surface area contributed by atoms with Crippen LogP contribution in [0.5, 0.6) is 0 Å². The first-order chi connectivity index (χ1) is 7.81. The van der Waals surface area contributed by atoms with Crippen LogP contribution in [0.1, 0.15) is 24.9 Å². The average Bonchev–Trinajstić information content (AvgIpc) is 2.79. The van der Waals surface area contributed by atoms with Crippen LogP contribution in [0, 0.1) is 0 Å². The summed E-state index contributed by atoms with van der Waals surface area (Å²) in [7, 11) is 0. The van der Waals surface area contributed by atoms with E-state index < -0.39 is 0 Å². The van der Waals surface area contributed by atoms with Gasteiger partial charge in [-0.15, -0.1) is 0 Å². The number of ether oxygens (including phenoxy) is 1. The van der Waals surface area contributed by atoms with Crippen molar-refractivity contribution in [2.75, 3.05) is 13.2 Å². The first-order valence-electron chi connectivity index (χ1n) is 5.63. The second-order valence-corrected chi connectivity index (χ2v) is 4.23. The van der Waals surface area contributed by atoms with E-state index in [9.17, 15) is 0 Å². The largest absolute Gasteiger partial charge is 0.496 e. The van der Waals surface area contributed by atoms with E-state index in [4.69, 9.17) is 16.3 Å². The highest BCUT2D eigenvalue weighted by atomic mass is 35.5. The third kappa shape index (κ3) is 2.57. The lowest BCUT2D eigenvalue weighted by molar-refractivity contribution is 0.216. The normalized spacial score (nSPS) is 16.8. The number of likely N-dealkylation sites (N-methyl/N-ethyl adjacent to an activating group) is 1. The first-order valence-corrected chi connectivity index (χ1v) is 6.00. The molecule has 16 heavy (non-hydrogen) atoms. The van der Waals surface area contributed by atoms with Crippen molar-refractivity contribution in [1.29, 1.82) is 0 Å². The van der Waals surface area contributed by atoms with Crippen LogP contribution in [-0.4, -0.2) is 13.2 Å². The molecule has 0 aliphatic carbocycles. The Morgan fingerprint density at radius 2 is 2.38 bits per heavy atom. The van der Waals surface area contributed by atoms with Crippen molar-refractivity contribution >= 4 is 11.6 Å². The lowest BCUT2D eigenvalue weighted by Gasteiger charge is -2.19. The van der Waals surface area contributed by atoms with Crippen LogP contribution >= 0.6 is 11.6 Å². The lowest BCUT2D eigenvalue weighted by Crippen LogP contribution is -2.23. The minimum Gasteiger partial charge on any atom is -0.496 e. The number of hydrogen-bond acceptors (Lipinski definition) is 2. The molecule has 1 aromatic rings. The summed E-state index contributed by atoms with van der Waals surface area (Å²) in [4.78, 5) is 0. The Bertz CT molecular complexity index is 389. The molecule has 3 heteroatoms. The number of nitrogens with one attached hydrogen (secondary N) is 1. The van der Waals surface area contributed by atoms with Gasteiger partial charge in [0.15, 0.2) is 0 Å². The molecule has 1 aliphatic heterocycles. The zero-order chi connectivity index (χ0) is 11.4. The molecule has 0 aromatic heterocycles. The van der Waals surface area contributed by atoms with E-state index in [1.807, 2.05) is 18.2 Å². The third-order valence-electron chi connectivity index (χ3n) is 2.61. The molecule has 0 saturated heterocycles. The standard InChI is InChI=1S/C13H16ClNO/c1-2-15-13(12-7-4-8-16-12)10-5-3-6-11(14)9-10/h3,5-7,9,13,15H,2,4,8H2,1H3. The zero-order valence-corrected chi connectivity index (χ0v) is 10.1. The molecule has 1 unspecified atom stereocenters. The Morgan fingerprint density at radius 3 is 3.00 bits per heavy atom. The van der Waals surface area contributed by atoms with Gasteiger partial charge in [-0.25, -0.2) is 0 Å². The van der Waals surface area contributed by atoms with Crippen molar-refractivity contribution in [3.05, 3.63) is 46.7 Å². The number of hydrogen-bond donors (Lipinski definition) is 1. The quantitative estimate of drug-likeness (QED) is 0.868. The van der Waals surface area contributed by atoms with Crippen molar-refractivity contribution in [2.24, 2.45) is 0 Å². The second-order valence-electron chi connectivity index (χ2n) is 3.79. The zero-order valence-electron chi connectivity index (χ0n) is 9.37. The molecule has 1 N–H and O–H groups in total. The summed E-state index contributed by atoms with van der Waals surface area (Å²) >= 11 is 6.01. The van der Waals surface area contributed by atoms with Gasteiger partial charge in [-0.05, 0) is 30.3 Å². The smallest absolute Gasteiger partial charge is 0.114 e. The Hall–Kier alpha value is -0.990. The number of halogens is 1. The summed E-state index contributed by atoms with van der Waals surface area (Å²) in [5.41, 5.74) is 1.16. The summed E-state index contributed by atoms with van der Waals surface area (Å²) in [6.07, 6.45) is 3.14. The third-order valence-corrected chi connectivity index (χ3v) is 2.84. The van der Waals surface area contributed by atoms with Crippen molar-refractivity contribution in [3.8, 4) is 0 Å². The van der Waals surface area contributed by atoms with Crippen LogP contribution in [0.3, 0.4) is 0 Å². The maximum Gasteiger partial charge on any atom is 0.114 e. The molecule has 1 heterocycles. The minimum atomic E-state index is 0.131. The summed E-state index contributed by atoms with van der Waals surface area (Å²) in [6.45, 7) is 3.78. The van der Waals surface area contributed by atoms with Crippen molar-refractivity contribution in [3.63, 3.8) is 0 Å². The van der Waals surface area contributed by atoms with E-state index >= 15 is 0 Å². The van der Waals surface area contributed by atoms with Crippen LogP contribution in [-0.2, 0) is 4.74 Å². The monoisotopic (exact) mass is 237 g/mol. The summed E-state index contributed by atoms with van der Waals surface area (Å²) in [5.74, 6) is 1.02. The summed E-state index contributed by atoms with van der Waals surface area (Å²) in [5, 5.41) is 4.18. The van der Waals surface area contributed by atoms with Gasteiger partial charge in [0.05, 0.1) is 12.6 Å². The Labute approximate surface area is 101 Å². The first kappa shape index (κ1) is 11.5. The van der Waals surface area contributed by atoms with E-state index in [1.54, 1.807) is 0 Å². The molecule has 86 valence electrons. The van der Waals surface area contributed by atoms with Gasteiger partial charge in [0.2, 0.25) is 0 Å². The maximum atomic E-state index is 6.01. The fourth-order valence-electron chi connectivity index (χ4n) is 1.91. The fraction of sp³-hybridized carbons (Fsp3) is 0.385. The molecule has 0 spiro atoms. The summed E-state index contributed by atoms with van der Waals surface area (Å²) < 4.78 is 5.62. The van der Waals surface area contributed by atoms with E-state index in [0.717, 1.165) is 35.9 Å². The predicted molar refractivity (Wildman–Crippen MR) is 66.5 cm³/mol. The van der Waals surface area contributed by atoms with Gasteiger partial charge in [-0.1, -0.05) is 30.7 Å². The SMILES string of the molecule is CCNC(C1=CCCO1)c1cccc(Cl)c1. The average molecular weight is 238 g/mol. The fourth-order valence-corrected chi connectivity index (χ4v) is 2.11. The molecule has 0 saturated carbocycles. The van der Waals surface area contributed by atoms with Gasteiger partial charge in [0.1, 0.15) is 5.76 Å². The van der Waals surface area contributed by atoms with Crippen molar-refractivity contribution < 1.29 is 4.74 Å². The van der Waals surface area contributed by atoms with Crippen LogP contribution in [0.25, 0.3) is 0 Å². The molecule has 2 nitrogen and oxygen atoms in total. The minimum absolute atomic E-state index is 0.131. The van der Waals surface area contributed by atoms with Gasteiger partial charge >= 0.3 is 0 Å². The molecule has 1 atom stereocenters. The van der Waals surface area contributed by atoms with Crippen LogP contribution in [0.4, 0.5) is 0 Å². The highest BCUT2D eigenvalue weighted by Gasteiger charge is 2.19. The highest BCUT2D eigenvalue weighted by molar-refractivity contribution is 6.30.